The molecule has 5 heteroatoms. The summed E-state index contributed by atoms with van der Waals surface area (Å²) in [6, 6.07) is 25.0. The molecule has 0 aliphatic carbocycles. The van der Waals surface area contributed by atoms with Crippen LogP contribution in [0.3, 0.4) is 0 Å². The lowest BCUT2D eigenvalue weighted by molar-refractivity contribution is 0.0915. The second-order valence-corrected chi connectivity index (χ2v) is 9.78. The van der Waals surface area contributed by atoms with Crippen LogP contribution in [0, 0.1) is 0 Å². The van der Waals surface area contributed by atoms with Gasteiger partial charge in [-0.2, -0.15) is 0 Å². The maximum atomic E-state index is 13.0. The average Bonchev–Trinajstić information content (AvgIpc) is 3.40. The summed E-state index contributed by atoms with van der Waals surface area (Å²) in [6.07, 6.45) is 3.68. The Morgan fingerprint density at radius 2 is 1.63 bits per heavy atom. The highest BCUT2D eigenvalue weighted by atomic mass is 16.5. The van der Waals surface area contributed by atoms with E-state index in [2.05, 4.69) is 77.8 Å². The molecule has 1 aliphatic rings. The SMILES string of the molecule is CC(C)c1ccc(C(CNC(=O)c2cc(-c3ccc4ccccc4c3)on2)N2CCCCC2)cc1. The van der Waals surface area contributed by atoms with E-state index >= 15 is 0 Å². The third-order valence-electron chi connectivity index (χ3n) is 7.05. The van der Waals surface area contributed by atoms with Crippen LogP contribution in [0.15, 0.2) is 77.3 Å². The molecule has 4 aromatic rings. The molecule has 3 aromatic carbocycles. The van der Waals surface area contributed by atoms with E-state index in [0.717, 1.165) is 24.0 Å². The molecule has 5 rings (SSSR count). The van der Waals surface area contributed by atoms with Crippen LogP contribution >= 0.6 is 0 Å². The molecule has 0 radical (unpaired) electrons. The molecular formula is C30H33N3O2. The van der Waals surface area contributed by atoms with Crippen molar-refractivity contribution in [2.24, 2.45) is 0 Å². The highest BCUT2D eigenvalue weighted by molar-refractivity contribution is 5.93. The first-order valence-electron chi connectivity index (χ1n) is 12.7. The molecule has 1 fully saturated rings. The van der Waals surface area contributed by atoms with E-state index in [-0.39, 0.29) is 11.9 Å². The smallest absolute Gasteiger partial charge is 0.273 e. The normalized spacial score (nSPS) is 15.4. The number of carbonyl (C=O) groups is 1. The molecule has 1 amide bonds. The van der Waals surface area contributed by atoms with Crippen LogP contribution < -0.4 is 5.32 Å². The molecule has 2 heterocycles. The summed E-state index contributed by atoms with van der Waals surface area (Å²) in [5.41, 5.74) is 3.79. The summed E-state index contributed by atoms with van der Waals surface area (Å²) in [7, 11) is 0. The number of nitrogens with one attached hydrogen (secondary N) is 1. The Morgan fingerprint density at radius 3 is 2.37 bits per heavy atom. The summed E-state index contributed by atoms with van der Waals surface area (Å²) < 4.78 is 5.54. The number of nitrogens with zero attached hydrogens (tertiary/aromatic N) is 2. The Bertz CT molecular complexity index is 1290. The first-order chi connectivity index (χ1) is 17.1. The van der Waals surface area contributed by atoms with Crippen molar-refractivity contribution in [3.05, 3.63) is 89.6 Å². The van der Waals surface area contributed by atoms with Crippen LogP contribution in [-0.4, -0.2) is 35.6 Å². The van der Waals surface area contributed by atoms with Gasteiger partial charge in [0.25, 0.3) is 5.91 Å². The van der Waals surface area contributed by atoms with Crippen molar-refractivity contribution in [3.8, 4) is 11.3 Å². The number of piperidine rings is 1. The van der Waals surface area contributed by atoms with Gasteiger partial charge in [-0.1, -0.05) is 86.1 Å². The van der Waals surface area contributed by atoms with Crippen molar-refractivity contribution in [1.82, 2.24) is 15.4 Å². The number of carbonyl (C=O) groups excluding carboxylic acids is 1. The molecule has 1 unspecified atom stereocenters. The van der Waals surface area contributed by atoms with Crippen LogP contribution in [0.4, 0.5) is 0 Å². The van der Waals surface area contributed by atoms with Crippen molar-refractivity contribution in [2.45, 2.75) is 45.1 Å². The molecule has 1 aromatic heterocycles. The molecule has 0 bridgehead atoms. The lowest BCUT2D eigenvalue weighted by atomic mass is 9.97. The number of benzene rings is 3. The predicted octanol–water partition coefficient (Wildman–Crippen LogP) is 6.58. The summed E-state index contributed by atoms with van der Waals surface area (Å²) in [6.45, 7) is 7.08. The van der Waals surface area contributed by atoms with Crippen molar-refractivity contribution < 1.29 is 9.32 Å². The van der Waals surface area contributed by atoms with E-state index in [1.54, 1.807) is 6.07 Å². The molecule has 180 valence electrons. The standard InChI is InChI=1S/C30H33N3O2/c1-21(2)22-10-13-24(14-11-22)28(33-16-6-3-7-17-33)20-31-30(34)27-19-29(35-32-27)26-15-12-23-8-4-5-9-25(23)18-26/h4-5,8-15,18-19,21,28H,3,6-7,16-17,20H2,1-2H3,(H,31,34). The van der Waals surface area contributed by atoms with Crippen molar-refractivity contribution in [3.63, 3.8) is 0 Å². The zero-order chi connectivity index (χ0) is 24.2. The molecule has 5 nitrogen and oxygen atoms in total. The Hall–Kier alpha value is -3.44. The topological polar surface area (TPSA) is 58.4 Å². The number of amides is 1. The molecule has 35 heavy (non-hydrogen) atoms. The zero-order valence-corrected chi connectivity index (χ0v) is 20.5. The van der Waals surface area contributed by atoms with Gasteiger partial charge in [0.1, 0.15) is 0 Å². The first kappa shape index (κ1) is 23.3. The highest BCUT2D eigenvalue weighted by Gasteiger charge is 2.24. The van der Waals surface area contributed by atoms with Gasteiger partial charge in [0.05, 0.1) is 6.04 Å². The largest absolute Gasteiger partial charge is 0.355 e. The fraction of sp³-hybridized carbons (Fsp3) is 0.333. The number of aromatic nitrogens is 1. The minimum absolute atomic E-state index is 0.146. The van der Waals surface area contributed by atoms with E-state index in [0.29, 0.717) is 23.9 Å². The zero-order valence-electron chi connectivity index (χ0n) is 20.5. The van der Waals surface area contributed by atoms with Crippen LogP contribution in [0.2, 0.25) is 0 Å². The van der Waals surface area contributed by atoms with E-state index in [4.69, 9.17) is 4.52 Å². The van der Waals surface area contributed by atoms with Crippen LogP contribution in [0.5, 0.6) is 0 Å². The number of hydrogen-bond donors (Lipinski definition) is 1. The summed E-state index contributed by atoms with van der Waals surface area (Å²) >= 11 is 0. The van der Waals surface area contributed by atoms with Gasteiger partial charge in [-0.15, -0.1) is 0 Å². The predicted molar refractivity (Wildman–Crippen MR) is 140 cm³/mol. The monoisotopic (exact) mass is 467 g/mol. The third-order valence-corrected chi connectivity index (χ3v) is 7.05. The molecule has 1 atom stereocenters. The number of hydrogen-bond acceptors (Lipinski definition) is 4. The van der Waals surface area contributed by atoms with Gasteiger partial charge in [-0.25, -0.2) is 0 Å². The van der Waals surface area contributed by atoms with Crippen molar-refractivity contribution in [2.75, 3.05) is 19.6 Å². The molecular weight excluding hydrogens is 434 g/mol. The molecule has 0 saturated carbocycles. The van der Waals surface area contributed by atoms with Gasteiger partial charge in [-0.05, 0) is 59.8 Å². The fourth-order valence-electron chi connectivity index (χ4n) is 4.93. The van der Waals surface area contributed by atoms with E-state index in [1.807, 2.05) is 18.2 Å². The van der Waals surface area contributed by atoms with Crippen LogP contribution in [0.25, 0.3) is 22.1 Å². The second-order valence-electron chi connectivity index (χ2n) is 9.78. The first-order valence-corrected chi connectivity index (χ1v) is 12.7. The van der Waals surface area contributed by atoms with Gasteiger partial charge < -0.3 is 9.84 Å². The van der Waals surface area contributed by atoms with Gasteiger partial charge >= 0.3 is 0 Å². The van der Waals surface area contributed by atoms with E-state index < -0.39 is 0 Å². The van der Waals surface area contributed by atoms with Crippen LogP contribution in [-0.2, 0) is 0 Å². The quantitative estimate of drug-likeness (QED) is 0.334. The average molecular weight is 468 g/mol. The Balaban J connectivity index is 1.30. The molecule has 1 N–H and O–H groups in total. The van der Waals surface area contributed by atoms with Crippen molar-refractivity contribution >= 4 is 16.7 Å². The Labute approximate surface area is 207 Å². The molecule has 1 aliphatic heterocycles. The van der Waals surface area contributed by atoms with Gasteiger partial charge in [-0.3, -0.25) is 9.69 Å². The van der Waals surface area contributed by atoms with Gasteiger partial charge in [0, 0.05) is 18.2 Å². The molecule has 1 saturated heterocycles. The van der Waals surface area contributed by atoms with Crippen LogP contribution in [0.1, 0.15) is 66.7 Å². The third kappa shape index (κ3) is 5.30. The van der Waals surface area contributed by atoms with E-state index in [9.17, 15) is 4.79 Å². The lowest BCUT2D eigenvalue weighted by Gasteiger charge is -2.35. The summed E-state index contributed by atoms with van der Waals surface area (Å²) in [5, 5.41) is 9.48. The van der Waals surface area contributed by atoms with E-state index in [1.165, 1.54) is 35.8 Å². The summed E-state index contributed by atoms with van der Waals surface area (Å²) in [4.78, 5) is 15.5. The fourth-order valence-corrected chi connectivity index (χ4v) is 4.93. The highest BCUT2D eigenvalue weighted by Crippen LogP contribution is 2.27. The number of likely N-dealkylation sites (tertiary alicyclic amines) is 1. The Morgan fingerprint density at radius 1 is 0.914 bits per heavy atom. The maximum absolute atomic E-state index is 13.0. The minimum Gasteiger partial charge on any atom is -0.355 e. The van der Waals surface area contributed by atoms with Gasteiger partial charge in [0.15, 0.2) is 11.5 Å². The van der Waals surface area contributed by atoms with Gasteiger partial charge in [0.2, 0.25) is 0 Å². The minimum atomic E-state index is -0.207. The number of fused-ring (bicyclic) bond motifs is 1. The Kier molecular flexibility index (Phi) is 6.96. The lowest BCUT2D eigenvalue weighted by Crippen LogP contribution is -2.40. The summed E-state index contributed by atoms with van der Waals surface area (Å²) in [5.74, 6) is 0.889. The maximum Gasteiger partial charge on any atom is 0.273 e. The second kappa shape index (κ2) is 10.4. The van der Waals surface area contributed by atoms with Crippen molar-refractivity contribution in [1.29, 1.82) is 0 Å². The molecule has 0 spiro atoms. The number of rotatable bonds is 7.